The molecule has 0 radical (unpaired) electrons. The summed E-state index contributed by atoms with van der Waals surface area (Å²) in [6.07, 6.45) is 4.09. The minimum atomic E-state index is 0.0889. The van der Waals surface area contributed by atoms with Crippen molar-refractivity contribution in [3.05, 3.63) is 17.4 Å². The fourth-order valence-electron chi connectivity index (χ4n) is 2.15. The van der Waals surface area contributed by atoms with Gasteiger partial charge in [-0.25, -0.2) is 4.98 Å². The van der Waals surface area contributed by atoms with E-state index in [1.54, 1.807) is 12.3 Å². The maximum Gasteiger partial charge on any atom is 0.318 e. The molecule has 1 aromatic heterocycles. The summed E-state index contributed by atoms with van der Waals surface area (Å²) < 4.78 is 5.70. The molecule has 0 amide bonds. The van der Waals surface area contributed by atoms with E-state index < -0.39 is 0 Å². The molecule has 1 aromatic rings. The van der Waals surface area contributed by atoms with Gasteiger partial charge in [-0.1, -0.05) is 11.6 Å². The number of aromatic nitrogens is 2. The van der Waals surface area contributed by atoms with Crippen LogP contribution in [0.1, 0.15) is 19.8 Å². The third-order valence-electron chi connectivity index (χ3n) is 3.01. The van der Waals surface area contributed by atoms with Crippen LogP contribution < -0.4 is 4.74 Å². The van der Waals surface area contributed by atoms with E-state index in [9.17, 15) is 0 Å². The minimum absolute atomic E-state index is 0.0889. The van der Waals surface area contributed by atoms with E-state index in [1.165, 1.54) is 6.42 Å². The molecule has 0 spiro atoms. The van der Waals surface area contributed by atoms with Crippen molar-refractivity contribution in [3.8, 4) is 6.01 Å². The summed E-state index contributed by atoms with van der Waals surface area (Å²) in [6, 6.07) is 2.45. The fourth-order valence-corrected chi connectivity index (χ4v) is 2.28. The van der Waals surface area contributed by atoms with Crippen molar-refractivity contribution in [2.75, 3.05) is 13.6 Å². The van der Waals surface area contributed by atoms with Crippen molar-refractivity contribution < 1.29 is 4.74 Å². The summed E-state index contributed by atoms with van der Waals surface area (Å²) in [5.41, 5.74) is 0. The highest BCUT2D eigenvalue weighted by molar-refractivity contribution is 6.29. The molecule has 0 unspecified atom stereocenters. The summed E-state index contributed by atoms with van der Waals surface area (Å²) in [5, 5.41) is 0.414. The number of halogens is 1. The van der Waals surface area contributed by atoms with Gasteiger partial charge in [-0.3, -0.25) is 4.90 Å². The molecule has 16 heavy (non-hydrogen) atoms. The summed E-state index contributed by atoms with van der Waals surface area (Å²) >= 11 is 5.78. The van der Waals surface area contributed by atoms with Gasteiger partial charge in [0.05, 0.1) is 0 Å². The second-order valence-electron chi connectivity index (χ2n) is 4.18. The van der Waals surface area contributed by atoms with Gasteiger partial charge in [-0.15, -0.1) is 0 Å². The molecule has 2 rings (SSSR count). The molecule has 5 heteroatoms. The van der Waals surface area contributed by atoms with Gasteiger partial charge in [0.1, 0.15) is 11.3 Å². The van der Waals surface area contributed by atoms with E-state index in [0.29, 0.717) is 17.2 Å². The number of hydrogen-bond acceptors (Lipinski definition) is 4. The van der Waals surface area contributed by atoms with Crippen LogP contribution in [0, 0.1) is 0 Å². The maximum absolute atomic E-state index is 5.78. The van der Waals surface area contributed by atoms with Crippen molar-refractivity contribution in [1.82, 2.24) is 14.9 Å². The Labute approximate surface area is 101 Å². The highest BCUT2D eigenvalue weighted by Gasteiger charge is 2.28. The molecule has 1 fully saturated rings. The molecule has 0 N–H and O–H groups in total. The van der Waals surface area contributed by atoms with Crippen molar-refractivity contribution in [3.63, 3.8) is 0 Å². The van der Waals surface area contributed by atoms with Crippen LogP contribution in [0.2, 0.25) is 5.15 Å². The molecular weight excluding hydrogens is 226 g/mol. The number of likely N-dealkylation sites (N-methyl/N-ethyl adjacent to an activating group) is 1. The standard InChI is InChI=1S/C11H16ClN3O/c1-8(9-4-3-7-15(9)2)16-11-13-6-5-10(12)14-11/h5-6,8-9H,3-4,7H2,1-2H3/t8-,9-/m0/s1. The number of likely N-dealkylation sites (tertiary alicyclic amines) is 1. The molecule has 0 saturated carbocycles. The molecule has 0 bridgehead atoms. The third-order valence-corrected chi connectivity index (χ3v) is 3.22. The monoisotopic (exact) mass is 241 g/mol. The predicted molar refractivity (Wildman–Crippen MR) is 62.8 cm³/mol. The fraction of sp³-hybridized carbons (Fsp3) is 0.636. The Balaban J connectivity index is 1.99. The van der Waals surface area contributed by atoms with Crippen LogP contribution in [0.5, 0.6) is 6.01 Å². The van der Waals surface area contributed by atoms with Gasteiger partial charge in [-0.05, 0) is 39.4 Å². The molecule has 88 valence electrons. The van der Waals surface area contributed by atoms with Crippen molar-refractivity contribution >= 4 is 11.6 Å². The highest BCUT2D eigenvalue weighted by Crippen LogP contribution is 2.20. The Hall–Kier alpha value is -0.870. The van der Waals surface area contributed by atoms with Crippen LogP contribution in [-0.2, 0) is 0 Å². The second-order valence-corrected chi connectivity index (χ2v) is 4.56. The zero-order valence-corrected chi connectivity index (χ0v) is 10.3. The first-order valence-electron chi connectivity index (χ1n) is 5.52. The Morgan fingerprint density at radius 3 is 3.06 bits per heavy atom. The number of hydrogen-bond donors (Lipinski definition) is 0. The zero-order chi connectivity index (χ0) is 11.5. The molecule has 0 aromatic carbocycles. The van der Waals surface area contributed by atoms with Crippen LogP contribution in [-0.4, -0.2) is 40.6 Å². The Bertz CT molecular complexity index is 361. The lowest BCUT2D eigenvalue weighted by Crippen LogP contribution is -2.38. The van der Waals surface area contributed by atoms with Gasteiger partial charge in [0, 0.05) is 12.2 Å². The van der Waals surface area contributed by atoms with Gasteiger partial charge in [0.15, 0.2) is 0 Å². The summed E-state index contributed by atoms with van der Waals surface area (Å²) in [6.45, 7) is 3.19. The van der Waals surface area contributed by atoms with Crippen LogP contribution in [0.25, 0.3) is 0 Å². The van der Waals surface area contributed by atoms with Crippen molar-refractivity contribution in [2.24, 2.45) is 0 Å². The van der Waals surface area contributed by atoms with Gasteiger partial charge in [0.25, 0.3) is 0 Å². The molecule has 2 heterocycles. The Kier molecular flexibility index (Phi) is 3.61. The van der Waals surface area contributed by atoms with Gasteiger partial charge < -0.3 is 4.74 Å². The van der Waals surface area contributed by atoms with Crippen LogP contribution >= 0.6 is 11.6 Å². The molecule has 1 aliphatic heterocycles. The average Bonchev–Trinajstić information content (AvgIpc) is 2.64. The zero-order valence-electron chi connectivity index (χ0n) is 9.56. The van der Waals surface area contributed by atoms with Gasteiger partial charge in [-0.2, -0.15) is 4.98 Å². The third kappa shape index (κ3) is 2.62. The van der Waals surface area contributed by atoms with Crippen LogP contribution in [0.15, 0.2) is 12.3 Å². The number of rotatable bonds is 3. The molecule has 1 saturated heterocycles. The van der Waals surface area contributed by atoms with E-state index in [0.717, 1.165) is 13.0 Å². The summed E-state index contributed by atoms with van der Waals surface area (Å²) in [4.78, 5) is 10.4. The second kappa shape index (κ2) is 4.97. The van der Waals surface area contributed by atoms with Crippen molar-refractivity contribution in [1.29, 1.82) is 0 Å². The van der Waals surface area contributed by atoms with E-state index in [1.807, 2.05) is 0 Å². The average molecular weight is 242 g/mol. The normalized spacial score (nSPS) is 23.3. The van der Waals surface area contributed by atoms with Gasteiger partial charge in [0.2, 0.25) is 0 Å². The first kappa shape index (κ1) is 11.6. The number of ether oxygens (including phenoxy) is 1. The Morgan fingerprint density at radius 1 is 1.62 bits per heavy atom. The summed E-state index contributed by atoms with van der Waals surface area (Å²) in [5.74, 6) is 0. The SMILES string of the molecule is C[C@H](Oc1nccc(Cl)n1)[C@@H]1CCCN1C. The topological polar surface area (TPSA) is 38.3 Å². The van der Waals surface area contributed by atoms with E-state index in [2.05, 4.69) is 28.8 Å². The molecular formula is C11H16ClN3O. The first-order chi connectivity index (χ1) is 7.66. The lowest BCUT2D eigenvalue weighted by Gasteiger charge is -2.25. The maximum atomic E-state index is 5.78. The largest absolute Gasteiger partial charge is 0.459 e. The van der Waals surface area contributed by atoms with E-state index in [-0.39, 0.29) is 6.10 Å². The molecule has 4 nitrogen and oxygen atoms in total. The van der Waals surface area contributed by atoms with E-state index >= 15 is 0 Å². The quantitative estimate of drug-likeness (QED) is 0.759. The summed E-state index contributed by atoms with van der Waals surface area (Å²) in [7, 11) is 2.12. The molecule has 2 atom stereocenters. The predicted octanol–water partition coefficient (Wildman–Crippen LogP) is 1.99. The lowest BCUT2D eigenvalue weighted by molar-refractivity contribution is 0.112. The van der Waals surface area contributed by atoms with Gasteiger partial charge >= 0.3 is 6.01 Å². The minimum Gasteiger partial charge on any atom is -0.459 e. The Morgan fingerprint density at radius 2 is 2.44 bits per heavy atom. The highest BCUT2D eigenvalue weighted by atomic mass is 35.5. The number of nitrogens with zero attached hydrogens (tertiary/aromatic N) is 3. The molecule has 1 aliphatic rings. The van der Waals surface area contributed by atoms with Crippen LogP contribution in [0.3, 0.4) is 0 Å². The lowest BCUT2D eigenvalue weighted by atomic mass is 10.1. The smallest absolute Gasteiger partial charge is 0.318 e. The molecule has 0 aliphatic carbocycles. The van der Waals surface area contributed by atoms with E-state index in [4.69, 9.17) is 16.3 Å². The van der Waals surface area contributed by atoms with Crippen molar-refractivity contribution in [2.45, 2.75) is 31.9 Å². The van der Waals surface area contributed by atoms with Crippen LogP contribution in [0.4, 0.5) is 0 Å². The first-order valence-corrected chi connectivity index (χ1v) is 5.90.